The van der Waals surface area contributed by atoms with E-state index in [0.29, 0.717) is 11.9 Å². The highest BCUT2D eigenvalue weighted by Gasteiger charge is 2.27. The fourth-order valence-corrected chi connectivity index (χ4v) is 20.0. The van der Waals surface area contributed by atoms with Gasteiger partial charge in [0, 0.05) is 94.6 Å². The van der Waals surface area contributed by atoms with E-state index in [1.807, 2.05) is 46.9 Å². The quantitative estimate of drug-likeness (QED) is 0.158. The van der Waals surface area contributed by atoms with E-state index in [-0.39, 0.29) is 0 Å². The molecule has 10 heteroatoms. The number of thiophene rings is 2. The van der Waals surface area contributed by atoms with Crippen molar-refractivity contribution >= 4 is 194 Å². The first-order valence-corrected chi connectivity index (χ1v) is 39.4. The Bertz CT molecular complexity index is 8290. The minimum Gasteiger partial charge on any atom is -0.455 e. The summed E-state index contributed by atoms with van der Waals surface area (Å²) in [6.07, 6.45) is 0. The van der Waals surface area contributed by atoms with Crippen LogP contribution in [0.2, 0.25) is 0 Å². The van der Waals surface area contributed by atoms with E-state index in [1.165, 1.54) is 84.1 Å². The zero-order valence-corrected chi connectivity index (χ0v) is 61.4. The van der Waals surface area contributed by atoms with Crippen LogP contribution in [0.5, 0.6) is 0 Å². The molecule has 0 bridgehead atoms. The summed E-state index contributed by atoms with van der Waals surface area (Å²) in [5, 5.41) is 20.7. The monoisotopic (exact) mass is 1460 g/mol. The predicted molar refractivity (Wildman–Crippen MR) is 470 cm³/mol. The van der Waals surface area contributed by atoms with Crippen molar-refractivity contribution in [3.05, 3.63) is 352 Å². The van der Waals surface area contributed by atoms with Crippen LogP contribution in [0.25, 0.3) is 239 Å². The molecule has 0 saturated carbocycles. The molecule has 0 fully saturated rings. The maximum atomic E-state index is 7.10. The number of hydrogen-bond acceptors (Lipinski definition) is 8. The van der Waals surface area contributed by atoms with E-state index in [0.717, 1.165) is 143 Å². The number of nitrogens with zero attached hydrogens (tertiary/aromatic N) is 6. The van der Waals surface area contributed by atoms with Gasteiger partial charge < -0.3 is 8.83 Å². The van der Waals surface area contributed by atoms with Gasteiger partial charge in [-0.1, -0.05) is 249 Å². The average Bonchev–Trinajstić information content (AvgIpc) is 1.55. The van der Waals surface area contributed by atoms with E-state index in [4.69, 9.17) is 28.8 Å². The van der Waals surface area contributed by atoms with Gasteiger partial charge in [0.15, 0.2) is 0 Å². The molecule has 0 atom stereocenters. The molecule has 0 aliphatic rings. The Morgan fingerprint density at radius 2 is 0.598 bits per heavy atom. The van der Waals surface area contributed by atoms with E-state index in [1.54, 1.807) is 0 Å². The summed E-state index contributed by atoms with van der Waals surface area (Å²) in [6, 6.07) is 125. The number of rotatable bonds is 7. The zero-order chi connectivity index (χ0) is 73.2. The number of hydrogen-bond donors (Lipinski definition) is 0. The Kier molecular flexibility index (Phi) is 13.7. The lowest BCUT2D eigenvalue weighted by Crippen LogP contribution is -2.03. The fourth-order valence-electron chi connectivity index (χ4n) is 17.8. The van der Waals surface area contributed by atoms with Crippen molar-refractivity contribution in [3.8, 4) is 67.8 Å². The van der Waals surface area contributed by atoms with E-state index >= 15 is 0 Å². The maximum absolute atomic E-state index is 7.10. The van der Waals surface area contributed by atoms with Gasteiger partial charge in [-0.2, -0.15) is 0 Å². The smallest absolute Gasteiger partial charge is 0.235 e. The summed E-state index contributed by atoms with van der Waals surface area (Å²) in [5.74, 6) is 1.25. The molecule has 17 aromatic carbocycles. The molecular weight excluding hydrogens is 1410 g/mol. The molecular formula is C102H58N6O2S2. The highest BCUT2D eigenvalue weighted by Crippen LogP contribution is 2.50. The van der Waals surface area contributed by atoms with Gasteiger partial charge in [0.2, 0.25) is 11.9 Å². The van der Waals surface area contributed by atoms with Crippen LogP contribution in [0.3, 0.4) is 0 Å². The second-order valence-electron chi connectivity index (χ2n) is 29.0. The molecule has 25 aromatic rings. The molecule has 0 aliphatic carbocycles. The van der Waals surface area contributed by atoms with Crippen LogP contribution in [-0.4, -0.2) is 29.1 Å². The highest BCUT2D eigenvalue weighted by molar-refractivity contribution is 7.26. The van der Waals surface area contributed by atoms with E-state index < -0.39 is 0 Å². The first-order chi connectivity index (χ1) is 55.5. The second-order valence-corrected chi connectivity index (χ2v) is 31.1. The molecule has 8 heterocycles. The molecule has 8 aromatic heterocycles. The summed E-state index contributed by atoms with van der Waals surface area (Å²) in [6.45, 7) is 0. The third kappa shape index (κ3) is 9.53. The molecule has 0 N–H and O–H groups in total. The molecule has 0 saturated heterocycles. The van der Waals surface area contributed by atoms with Crippen molar-refractivity contribution in [2.24, 2.45) is 0 Å². The van der Waals surface area contributed by atoms with Crippen LogP contribution >= 0.6 is 22.7 Å². The first-order valence-electron chi connectivity index (χ1n) is 37.7. The normalized spacial score (nSPS) is 12.1. The van der Waals surface area contributed by atoms with Crippen molar-refractivity contribution < 1.29 is 8.83 Å². The largest absolute Gasteiger partial charge is 0.455 e. The number of fused-ring (bicyclic) bond motifs is 26. The molecule has 0 unspecified atom stereocenters. The van der Waals surface area contributed by atoms with Gasteiger partial charge in [0.05, 0.1) is 55.3 Å². The van der Waals surface area contributed by atoms with Crippen LogP contribution < -0.4 is 0 Å². The minimum absolute atomic E-state index is 0.620. The van der Waals surface area contributed by atoms with Crippen LogP contribution in [0.4, 0.5) is 0 Å². The summed E-state index contributed by atoms with van der Waals surface area (Å²) < 4.78 is 23.8. The first kappa shape index (κ1) is 62.6. The fraction of sp³-hybridized carbons (Fsp3) is 0. The van der Waals surface area contributed by atoms with Crippen LogP contribution in [0.1, 0.15) is 0 Å². The van der Waals surface area contributed by atoms with E-state index in [2.05, 4.69) is 337 Å². The van der Waals surface area contributed by atoms with Gasteiger partial charge in [-0.3, -0.25) is 9.13 Å². The van der Waals surface area contributed by atoms with Gasteiger partial charge in [0.1, 0.15) is 22.3 Å². The molecule has 0 spiro atoms. The predicted octanol–water partition coefficient (Wildman–Crippen LogP) is 28.6. The van der Waals surface area contributed by atoms with Crippen molar-refractivity contribution in [1.82, 2.24) is 29.1 Å². The summed E-state index contributed by atoms with van der Waals surface area (Å²) in [5.41, 5.74) is 20.3. The number of furan rings is 2. The van der Waals surface area contributed by atoms with Crippen LogP contribution in [0, 0.1) is 0 Å². The second kappa shape index (κ2) is 24.5. The lowest BCUT2D eigenvalue weighted by molar-refractivity contribution is 0.673. The Morgan fingerprint density at radius 3 is 1.10 bits per heavy atom. The summed E-state index contributed by atoms with van der Waals surface area (Å²) >= 11 is 3.69. The van der Waals surface area contributed by atoms with Gasteiger partial charge in [0.25, 0.3) is 0 Å². The SMILES string of the molecule is c1ccc(-c2cccc(-c3nc(-n4c5ccccc5c5c6oc7cc(-c8ccc9sc%10ccccc%10c9c8)c8ccccc8c7c6ccc54)nc4ccccc34)c2)cc1.c1ccc(-c2nc(-n3c4ccccc4c4c5oc6cc(-c7ccc8sc9ccccc9c8c7)c7ccccc7c6c5ccc43)nc3ccccc23)cc1. The zero-order valence-electron chi connectivity index (χ0n) is 59.8. The molecule has 112 heavy (non-hydrogen) atoms. The summed E-state index contributed by atoms with van der Waals surface area (Å²) in [7, 11) is 0. The summed E-state index contributed by atoms with van der Waals surface area (Å²) in [4.78, 5) is 21.1. The molecule has 25 rings (SSSR count). The lowest BCUT2D eigenvalue weighted by Gasteiger charge is -2.12. The molecule has 0 amide bonds. The van der Waals surface area contributed by atoms with Crippen molar-refractivity contribution in [2.75, 3.05) is 0 Å². The van der Waals surface area contributed by atoms with Crippen molar-refractivity contribution in [3.63, 3.8) is 0 Å². The van der Waals surface area contributed by atoms with E-state index in [9.17, 15) is 0 Å². The third-order valence-electron chi connectivity index (χ3n) is 22.8. The molecule has 0 aliphatic heterocycles. The van der Waals surface area contributed by atoms with Crippen molar-refractivity contribution in [2.45, 2.75) is 0 Å². The Labute approximate surface area is 646 Å². The maximum Gasteiger partial charge on any atom is 0.235 e. The topological polar surface area (TPSA) is 87.7 Å². The molecule has 8 nitrogen and oxygen atoms in total. The van der Waals surface area contributed by atoms with Crippen LogP contribution in [0.15, 0.2) is 361 Å². The van der Waals surface area contributed by atoms with Crippen molar-refractivity contribution in [1.29, 1.82) is 0 Å². The van der Waals surface area contributed by atoms with Gasteiger partial charge in [-0.25, -0.2) is 19.9 Å². The van der Waals surface area contributed by atoms with Gasteiger partial charge in [-0.15, -0.1) is 22.7 Å². The number of aromatic nitrogens is 6. The van der Waals surface area contributed by atoms with Gasteiger partial charge in [-0.05, 0) is 158 Å². The van der Waals surface area contributed by atoms with Crippen LogP contribution in [-0.2, 0) is 0 Å². The average molecular weight is 1460 g/mol. The molecule has 0 radical (unpaired) electrons. The highest BCUT2D eigenvalue weighted by atomic mass is 32.1. The number of para-hydroxylation sites is 4. The molecule has 520 valence electrons. The van der Waals surface area contributed by atoms with Gasteiger partial charge >= 0.3 is 0 Å². The lowest BCUT2D eigenvalue weighted by atomic mass is 9.94. The minimum atomic E-state index is 0.620. The third-order valence-corrected chi connectivity index (χ3v) is 25.1. The Morgan fingerprint density at radius 1 is 0.214 bits per heavy atom. The Balaban J connectivity index is 0.000000131. The number of benzene rings is 17. The standard InChI is InChI=1S/C54H31N3OS.C48H27N3OS/c1-2-13-32(14-3-1)33-15-12-16-35(29-33)52-39-20-6-9-22-44(39)55-54(56-52)57-45-23-10-7-21-40(45)51-46(57)27-26-41-50-38-19-5-4-17-36(38)42(31-47(50)58-53(41)51)34-25-28-49-43(30-34)37-18-8-11-24-48(37)59-49;1-2-12-28(13-3-1)46-33-17-6-9-19-38(33)49-48(50-46)51-39-20-10-7-18-34(39)45-40(51)24-23-35-44-32-16-5-4-14-30(32)36(27-41(44)52-47(35)45)29-22-25-43-37(26-29)31-15-8-11-21-42(31)53-43/h1-31H;1-27H. The Hall–Kier alpha value is -14.4.